The van der Waals surface area contributed by atoms with Crippen LogP contribution < -0.4 is 15.0 Å². The highest BCUT2D eigenvalue weighted by atomic mass is 35.5. The first-order valence-corrected chi connectivity index (χ1v) is 11.4. The lowest BCUT2D eigenvalue weighted by Crippen LogP contribution is -2.59. The molecule has 33 heavy (non-hydrogen) atoms. The number of amides is 3. The van der Waals surface area contributed by atoms with Gasteiger partial charge in [-0.2, -0.15) is 0 Å². The number of methoxy groups -OCH3 is 1. The zero-order valence-electron chi connectivity index (χ0n) is 18.5. The van der Waals surface area contributed by atoms with Crippen LogP contribution in [0, 0.1) is 0 Å². The van der Waals surface area contributed by atoms with Crippen molar-refractivity contribution in [1.29, 1.82) is 0 Å². The molecule has 2 saturated heterocycles. The maximum Gasteiger partial charge on any atom is 0.256 e. The third-order valence-electron chi connectivity index (χ3n) is 6.13. The van der Waals surface area contributed by atoms with Gasteiger partial charge in [-0.3, -0.25) is 14.4 Å². The van der Waals surface area contributed by atoms with E-state index in [9.17, 15) is 14.4 Å². The Bertz CT molecular complexity index is 1020. The van der Waals surface area contributed by atoms with Gasteiger partial charge in [0.25, 0.3) is 5.91 Å². The fraction of sp³-hybridized carbons (Fsp3) is 0.375. The van der Waals surface area contributed by atoms with Crippen LogP contribution in [-0.4, -0.2) is 79.9 Å². The van der Waals surface area contributed by atoms with E-state index in [-0.39, 0.29) is 24.1 Å². The topological polar surface area (TPSA) is 82.2 Å². The van der Waals surface area contributed by atoms with Crippen molar-refractivity contribution in [3.8, 4) is 5.75 Å². The quantitative estimate of drug-likeness (QED) is 0.723. The molecule has 4 rings (SSSR count). The van der Waals surface area contributed by atoms with Gasteiger partial charge in [-0.15, -0.1) is 0 Å². The van der Waals surface area contributed by atoms with Gasteiger partial charge in [0.15, 0.2) is 0 Å². The molecule has 0 spiro atoms. The summed E-state index contributed by atoms with van der Waals surface area (Å²) in [6.07, 6.45) is -0.0510. The van der Waals surface area contributed by atoms with Crippen LogP contribution >= 0.6 is 11.6 Å². The average Bonchev–Trinajstić information content (AvgIpc) is 2.85. The van der Waals surface area contributed by atoms with Crippen LogP contribution in [0.5, 0.6) is 5.75 Å². The molecule has 0 aromatic heterocycles. The molecule has 2 aromatic carbocycles. The minimum absolute atomic E-state index is 0.0510. The second-order valence-corrected chi connectivity index (χ2v) is 8.46. The van der Waals surface area contributed by atoms with Gasteiger partial charge in [0.2, 0.25) is 11.8 Å². The minimum Gasteiger partial charge on any atom is -0.497 e. The minimum atomic E-state index is -0.852. The van der Waals surface area contributed by atoms with E-state index in [1.54, 1.807) is 36.3 Å². The number of nitrogens with zero attached hydrogens (tertiary/aromatic N) is 3. The molecule has 2 heterocycles. The molecule has 1 unspecified atom stereocenters. The molecule has 0 bridgehead atoms. The van der Waals surface area contributed by atoms with Crippen molar-refractivity contribution in [3.05, 3.63) is 59.1 Å². The lowest BCUT2D eigenvalue weighted by atomic mass is 10.0. The van der Waals surface area contributed by atoms with Crippen LogP contribution in [0.2, 0.25) is 5.02 Å². The smallest absolute Gasteiger partial charge is 0.256 e. The SMILES string of the molecule is COc1ccc(N2CCN(C(=O)CC3C(=O)NCCN3C(=O)c3ccccc3Cl)CC2)cc1. The Morgan fingerprint density at radius 2 is 1.73 bits per heavy atom. The summed E-state index contributed by atoms with van der Waals surface area (Å²) in [5.41, 5.74) is 1.41. The summed E-state index contributed by atoms with van der Waals surface area (Å²) in [6.45, 7) is 3.17. The summed E-state index contributed by atoms with van der Waals surface area (Å²) >= 11 is 6.20. The largest absolute Gasteiger partial charge is 0.497 e. The summed E-state index contributed by atoms with van der Waals surface area (Å²) in [7, 11) is 1.63. The number of hydrogen-bond acceptors (Lipinski definition) is 5. The molecule has 8 nitrogen and oxygen atoms in total. The highest BCUT2D eigenvalue weighted by Crippen LogP contribution is 2.23. The molecule has 0 aliphatic carbocycles. The molecule has 0 saturated carbocycles. The van der Waals surface area contributed by atoms with Crippen LogP contribution in [0.3, 0.4) is 0 Å². The summed E-state index contributed by atoms with van der Waals surface area (Å²) in [4.78, 5) is 44.2. The summed E-state index contributed by atoms with van der Waals surface area (Å²) in [6, 6.07) is 13.7. The molecular weight excluding hydrogens is 444 g/mol. The number of hydrogen-bond donors (Lipinski definition) is 1. The molecule has 1 atom stereocenters. The van der Waals surface area contributed by atoms with Crippen LogP contribution in [0.15, 0.2) is 48.5 Å². The second-order valence-electron chi connectivity index (χ2n) is 8.06. The monoisotopic (exact) mass is 470 g/mol. The molecule has 0 radical (unpaired) electrons. The Labute approximate surface area is 198 Å². The number of benzene rings is 2. The van der Waals surface area contributed by atoms with E-state index in [1.807, 2.05) is 24.3 Å². The van der Waals surface area contributed by atoms with E-state index >= 15 is 0 Å². The van der Waals surface area contributed by atoms with Gasteiger partial charge < -0.3 is 24.8 Å². The normalized spacial score (nSPS) is 18.7. The maximum absolute atomic E-state index is 13.1. The molecule has 9 heteroatoms. The zero-order valence-corrected chi connectivity index (χ0v) is 19.3. The molecule has 2 fully saturated rings. The van der Waals surface area contributed by atoms with E-state index in [0.717, 1.165) is 11.4 Å². The van der Waals surface area contributed by atoms with Crippen molar-refractivity contribution in [1.82, 2.24) is 15.1 Å². The first-order chi connectivity index (χ1) is 16.0. The van der Waals surface area contributed by atoms with E-state index in [0.29, 0.717) is 49.9 Å². The molecule has 2 aromatic rings. The first-order valence-electron chi connectivity index (χ1n) is 11.0. The maximum atomic E-state index is 13.1. The number of carbonyl (C=O) groups is 3. The molecule has 2 aliphatic heterocycles. The van der Waals surface area contributed by atoms with Crippen LogP contribution in [-0.2, 0) is 9.59 Å². The number of piperazine rings is 2. The molecule has 174 valence electrons. The predicted octanol–water partition coefficient (Wildman–Crippen LogP) is 2.03. The lowest BCUT2D eigenvalue weighted by molar-refractivity contribution is -0.138. The number of ether oxygens (including phenoxy) is 1. The van der Waals surface area contributed by atoms with Gasteiger partial charge in [0.1, 0.15) is 11.8 Å². The number of rotatable bonds is 5. The number of nitrogens with one attached hydrogen (secondary N) is 1. The van der Waals surface area contributed by atoms with E-state index in [1.165, 1.54) is 4.90 Å². The molecule has 2 aliphatic rings. The third-order valence-corrected chi connectivity index (χ3v) is 6.46. The summed E-state index contributed by atoms with van der Waals surface area (Å²) < 4.78 is 5.21. The van der Waals surface area contributed by atoms with Crippen LogP contribution in [0.4, 0.5) is 5.69 Å². The second kappa shape index (κ2) is 10.1. The van der Waals surface area contributed by atoms with Crippen molar-refractivity contribution < 1.29 is 19.1 Å². The molecular formula is C24H27ClN4O4. The van der Waals surface area contributed by atoms with Gasteiger partial charge >= 0.3 is 0 Å². The standard InChI is InChI=1S/C24H27ClN4O4/c1-33-18-8-6-17(7-9-18)27-12-14-28(15-13-27)22(30)16-21-23(31)26-10-11-29(21)24(32)19-4-2-3-5-20(19)25/h2-9,21H,10-16H2,1H3,(H,26,31). The number of anilines is 1. The Kier molecular flexibility index (Phi) is 7.03. The number of halogens is 1. The Morgan fingerprint density at radius 1 is 1.03 bits per heavy atom. The van der Waals surface area contributed by atoms with Gasteiger partial charge in [-0.25, -0.2) is 0 Å². The Balaban J connectivity index is 1.39. The summed E-state index contributed by atoms with van der Waals surface area (Å²) in [5, 5.41) is 3.10. The van der Waals surface area contributed by atoms with Crippen molar-refractivity contribution in [2.24, 2.45) is 0 Å². The third kappa shape index (κ3) is 5.06. The van der Waals surface area contributed by atoms with Crippen LogP contribution in [0.25, 0.3) is 0 Å². The van der Waals surface area contributed by atoms with E-state index in [2.05, 4.69) is 10.2 Å². The fourth-order valence-corrected chi connectivity index (χ4v) is 4.47. The molecule has 1 N–H and O–H groups in total. The predicted molar refractivity (Wildman–Crippen MR) is 126 cm³/mol. The zero-order chi connectivity index (χ0) is 23.4. The highest BCUT2D eigenvalue weighted by Gasteiger charge is 2.37. The van der Waals surface area contributed by atoms with Gasteiger partial charge in [-0.05, 0) is 36.4 Å². The highest BCUT2D eigenvalue weighted by molar-refractivity contribution is 6.33. The molecule has 3 amide bonds. The average molecular weight is 471 g/mol. The van der Waals surface area contributed by atoms with Crippen molar-refractivity contribution in [3.63, 3.8) is 0 Å². The summed E-state index contributed by atoms with van der Waals surface area (Å²) in [5.74, 6) is 0.0158. The first kappa shape index (κ1) is 22.9. The number of carbonyl (C=O) groups excluding carboxylic acids is 3. The van der Waals surface area contributed by atoms with Crippen molar-refractivity contribution >= 4 is 35.0 Å². The van der Waals surface area contributed by atoms with E-state index in [4.69, 9.17) is 16.3 Å². The van der Waals surface area contributed by atoms with Crippen molar-refractivity contribution in [2.45, 2.75) is 12.5 Å². The fourth-order valence-electron chi connectivity index (χ4n) is 4.25. The van der Waals surface area contributed by atoms with Crippen LogP contribution in [0.1, 0.15) is 16.8 Å². The lowest BCUT2D eigenvalue weighted by Gasteiger charge is -2.39. The Morgan fingerprint density at radius 3 is 2.39 bits per heavy atom. The van der Waals surface area contributed by atoms with E-state index < -0.39 is 6.04 Å². The van der Waals surface area contributed by atoms with Gasteiger partial charge in [-0.1, -0.05) is 23.7 Å². The van der Waals surface area contributed by atoms with Gasteiger partial charge in [0, 0.05) is 45.0 Å². The Hall–Kier alpha value is -3.26. The van der Waals surface area contributed by atoms with Gasteiger partial charge in [0.05, 0.1) is 24.1 Å². The van der Waals surface area contributed by atoms with Crippen molar-refractivity contribution in [2.75, 3.05) is 51.3 Å².